The Kier molecular flexibility index (Phi) is 10.3. The summed E-state index contributed by atoms with van der Waals surface area (Å²) in [6, 6.07) is 10.1. The Bertz CT molecular complexity index is 1220. The Hall–Kier alpha value is -3.00. The van der Waals surface area contributed by atoms with Gasteiger partial charge in [-0.2, -0.15) is 11.8 Å². The van der Waals surface area contributed by atoms with E-state index >= 15 is 0 Å². The van der Waals surface area contributed by atoms with E-state index < -0.39 is 23.8 Å². The van der Waals surface area contributed by atoms with Crippen molar-refractivity contribution < 1.29 is 19.1 Å². The number of hydrogen-bond acceptors (Lipinski definition) is 5. The number of nitrogens with zero attached hydrogens (tertiary/aromatic N) is 1. The number of anilines is 1. The minimum Gasteiger partial charge on any atom is -0.444 e. The van der Waals surface area contributed by atoms with Crippen LogP contribution in [-0.2, 0) is 14.3 Å². The number of carbonyl (C=O) groups is 3. The van der Waals surface area contributed by atoms with E-state index in [-0.39, 0.29) is 23.8 Å². The SMILES string of the molecule is CSCCC(NC(=O)OC(C)(C)C)C(=O)N(C(C(=O)Nc1c(C)cccc1C)c1ccc(C)cc1C)C1CC1C. The summed E-state index contributed by atoms with van der Waals surface area (Å²) in [4.78, 5) is 43.2. The third-order valence-electron chi connectivity index (χ3n) is 7.25. The summed E-state index contributed by atoms with van der Waals surface area (Å²) >= 11 is 1.60. The van der Waals surface area contributed by atoms with Gasteiger partial charge in [-0.3, -0.25) is 9.59 Å². The zero-order valence-corrected chi connectivity index (χ0v) is 26.2. The van der Waals surface area contributed by atoms with Crippen molar-refractivity contribution in [2.75, 3.05) is 17.3 Å². The van der Waals surface area contributed by atoms with Gasteiger partial charge < -0.3 is 20.3 Å². The second-order valence-electron chi connectivity index (χ2n) is 12.0. The number of alkyl carbamates (subject to hydrolysis) is 1. The van der Waals surface area contributed by atoms with E-state index in [0.29, 0.717) is 12.2 Å². The molecule has 8 heteroatoms. The van der Waals surface area contributed by atoms with E-state index in [9.17, 15) is 14.4 Å². The molecule has 0 aliphatic heterocycles. The highest BCUT2D eigenvalue weighted by molar-refractivity contribution is 7.98. The molecule has 3 rings (SSSR count). The largest absolute Gasteiger partial charge is 0.444 e. The van der Waals surface area contributed by atoms with Gasteiger partial charge in [-0.15, -0.1) is 0 Å². The summed E-state index contributed by atoms with van der Waals surface area (Å²) in [6.45, 7) is 15.4. The fraction of sp³-hybridized carbons (Fsp3) is 0.531. The first-order chi connectivity index (χ1) is 18.7. The average Bonchev–Trinajstić information content (AvgIpc) is 3.57. The Morgan fingerprint density at radius 3 is 2.20 bits per heavy atom. The van der Waals surface area contributed by atoms with Gasteiger partial charge in [-0.05, 0) is 101 Å². The van der Waals surface area contributed by atoms with Crippen molar-refractivity contribution in [2.45, 2.75) is 92.0 Å². The molecule has 218 valence electrons. The van der Waals surface area contributed by atoms with E-state index in [2.05, 4.69) is 17.6 Å². The summed E-state index contributed by atoms with van der Waals surface area (Å²) in [5.41, 5.74) is 4.76. The maximum Gasteiger partial charge on any atom is 0.408 e. The molecule has 4 unspecified atom stereocenters. The monoisotopic (exact) mass is 567 g/mol. The highest BCUT2D eigenvalue weighted by Crippen LogP contribution is 2.42. The van der Waals surface area contributed by atoms with Crippen molar-refractivity contribution in [3.8, 4) is 0 Å². The van der Waals surface area contributed by atoms with Gasteiger partial charge in [0.2, 0.25) is 5.91 Å². The van der Waals surface area contributed by atoms with Gasteiger partial charge in [0.25, 0.3) is 5.91 Å². The fourth-order valence-electron chi connectivity index (χ4n) is 5.05. The molecular formula is C32H45N3O4S. The summed E-state index contributed by atoms with van der Waals surface area (Å²) in [5.74, 6) is 0.379. The Morgan fingerprint density at radius 1 is 1.05 bits per heavy atom. The standard InChI is InChI=1S/C32H45N3O4S/c1-19-13-14-24(22(4)17-19)28(29(36)34-27-20(2)11-10-12-21(27)3)35(26-18-23(26)5)30(37)25(15-16-40-9)33-31(38)39-32(6,7)8/h10-14,17,23,25-26,28H,15-16,18H2,1-9H3,(H,33,38)(H,34,36). The summed E-state index contributed by atoms with van der Waals surface area (Å²) in [5, 5.41) is 5.98. The van der Waals surface area contributed by atoms with Gasteiger partial charge in [0.05, 0.1) is 0 Å². The lowest BCUT2D eigenvalue weighted by Crippen LogP contribution is -2.53. The predicted octanol–water partition coefficient (Wildman–Crippen LogP) is 6.48. The van der Waals surface area contributed by atoms with Crippen LogP contribution < -0.4 is 10.6 Å². The highest BCUT2D eigenvalue weighted by Gasteiger charge is 2.48. The number of para-hydroxylation sites is 1. The first-order valence-electron chi connectivity index (χ1n) is 14.0. The van der Waals surface area contributed by atoms with Crippen LogP contribution in [0.5, 0.6) is 0 Å². The quantitative estimate of drug-likeness (QED) is 0.343. The zero-order chi connectivity index (χ0) is 29.8. The molecule has 7 nitrogen and oxygen atoms in total. The van der Waals surface area contributed by atoms with Crippen LogP contribution >= 0.6 is 11.8 Å². The summed E-state index contributed by atoms with van der Waals surface area (Å²) in [6.07, 6.45) is 2.55. The van der Waals surface area contributed by atoms with Gasteiger partial charge >= 0.3 is 6.09 Å². The van der Waals surface area contributed by atoms with Crippen molar-refractivity contribution in [1.82, 2.24) is 10.2 Å². The molecule has 1 aliphatic rings. The molecule has 4 atom stereocenters. The summed E-state index contributed by atoms with van der Waals surface area (Å²) < 4.78 is 5.50. The molecule has 40 heavy (non-hydrogen) atoms. The van der Waals surface area contributed by atoms with Crippen LogP contribution in [0.4, 0.5) is 10.5 Å². The Balaban J connectivity index is 2.08. The molecule has 0 radical (unpaired) electrons. The minimum absolute atomic E-state index is 0.112. The molecule has 1 aliphatic carbocycles. The van der Waals surface area contributed by atoms with E-state index in [1.165, 1.54) is 0 Å². The normalized spacial score (nSPS) is 17.9. The maximum atomic E-state index is 14.4. The molecule has 0 aromatic heterocycles. The van der Waals surface area contributed by atoms with Crippen molar-refractivity contribution >= 4 is 35.4 Å². The number of thioether (sulfide) groups is 1. The number of nitrogens with one attached hydrogen (secondary N) is 2. The van der Waals surface area contributed by atoms with Crippen LogP contribution in [0.3, 0.4) is 0 Å². The average molecular weight is 568 g/mol. The maximum absolute atomic E-state index is 14.4. The van der Waals surface area contributed by atoms with Gasteiger partial charge in [-0.1, -0.05) is 48.9 Å². The lowest BCUT2D eigenvalue weighted by atomic mass is 9.95. The van der Waals surface area contributed by atoms with Crippen LogP contribution in [-0.4, -0.2) is 52.5 Å². The fourth-order valence-corrected chi connectivity index (χ4v) is 5.52. The Labute approximate surface area is 243 Å². The molecular weight excluding hydrogens is 522 g/mol. The van der Waals surface area contributed by atoms with Crippen LogP contribution in [0, 0.1) is 33.6 Å². The number of amides is 3. The van der Waals surface area contributed by atoms with E-state index in [1.807, 2.05) is 70.3 Å². The Morgan fingerprint density at radius 2 is 1.68 bits per heavy atom. The molecule has 2 N–H and O–H groups in total. The molecule has 3 amide bonds. The van der Waals surface area contributed by atoms with Gasteiger partial charge in [-0.25, -0.2) is 4.79 Å². The van der Waals surface area contributed by atoms with Crippen LogP contribution in [0.2, 0.25) is 0 Å². The third-order valence-corrected chi connectivity index (χ3v) is 7.90. The second-order valence-corrected chi connectivity index (χ2v) is 13.0. The zero-order valence-electron chi connectivity index (χ0n) is 25.4. The topological polar surface area (TPSA) is 87.7 Å². The van der Waals surface area contributed by atoms with E-state index in [0.717, 1.165) is 39.9 Å². The molecule has 0 spiro atoms. The van der Waals surface area contributed by atoms with Crippen molar-refractivity contribution in [2.24, 2.45) is 5.92 Å². The first kappa shape index (κ1) is 31.5. The van der Waals surface area contributed by atoms with Crippen molar-refractivity contribution in [3.05, 3.63) is 64.2 Å². The molecule has 2 aromatic carbocycles. The second kappa shape index (κ2) is 13.1. The molecule has 1 fully saturated rings. The number of rotatable bonds is 10. The molecule has 0 saturated heterocycles. The number of carbonyl (C=O) groups excluding carboxylic acids is 3. The lowest BCUT2D eigenvalue weighted by molar-refractivity contribution is -0.141. The lowest BCUT2D eigenvalue weighted by Gasteiger charge is -2.36. The van der Waals surface area contributed by atoms with Gasteiger partial charge in [0.15, 0.2) is 0 Å². The van der Waals surface area contributed by atoms with E-state index in [4.69, 9.17) is 4.74 Å². The minimum atomic E-state index is -0.862. The molecule has 1 saturated carbocycles. The van der Waals surface area contributed by atoms with Crippen molar-refractivity contribution in [3.63, 3.8) is 0 Å². The van der Waals surface area contributed by atoms with E-state index in [1.54, 1.807) is 37.4 Å². The first-order valence-corrected chi connectivity index (χ1v) is 15.4. The third kappa shape index (κ3) is 8.03. The number of aryl methyl sites for hydroxylation is 4. The summed E-state index contributed by atoms with van der Waals surface area (Å²) in [7, 11) is 0. The van der Waals surface area contributed by atoms with Crippen molar-refractivity contribution in [1.29, 1.82) is 0 Å². The van der Waals surface area contributed by atoms with Crippen LogP contribution in [0.25, 0.3) is 0 Å². The molecule has 2 aromatic rings. The van der Waals surface area contributed by atoms with Crippen LogP contribution in [0.1, 0.15) is 74.4 Å². The van der Waals surface area contributed by atoms with Crippen LogP contribution in [0.15, 0.2) is 36.4 Å². The predicted molar refractivity (Wildman–Crippen MR) is 164 cm³/mol. The number of benzene rings is 2. The number of ether oxygens (including phenoxy) is 1. The smallest absolute Gasteiger partial charge is 0.408 e. The molecule has 0 bridgehead atoms. The van der Waals surface area contributed by atoms with Gasteiger partial charge in [0.1, 0.15) is 17.7 Å². The molecule has 0 heterocycles. The highest BCUT2D eigenvalue weighted by atomic mass is 32.2. The van der Waals surface area contributed by atoms with Gasteiger partial charge in [0, 0.05) is 11.7 Å². The number of hydrogen-bond donors (Lipinski definition) is 2.